The van der Waals surface area contributed by atoms with Crippen molar-refractivity contribution < 1.29 is 23.4 Å². The molecule has 5 N–H and O–H groups in total. The lowest BCUT2D eigenvalue weighted by Gasteiger charge is -2.16. The summed E-state index contributed by atoms with van der Waals surface area (Å²) in [6, 6.07) is 18.6. The van der Waals surface area contributed by atoms with Crippen LogP contribution in [0.25, 0.3) is 21.8 Å². The summed E-state index contributed by atoms with van der Waals surface area (Å²) in [5.41, 5.74) is 2.34. The van der Waals surface area contributed by atoms with Crippen molar-refractivity contribution in [3.63, 3.8) is 0 Å². The fraction of sp³-hybridized carbons (Fsp3) is 0.217. The molecule has 1 heterocycles. The molecule has 8 nitrogen and oxygen atoms in total. The zero-order valence-electron chi connectivity index (χ0n) is 17.9. The SMILES string of the molecule is CS(=O)(=O)Nc1cccc(C(O)CNCCOc2ccc3c(c2)[nH]c2ccccc23)c1O.Cl. The van der Waals surface area contributed by atoms with Crippen molar-refractivity contribution in [1.29, 1.82) is 0 Å². The van der Waals surface area contributed by atoms with E-state index in [2.05, 4.69) is 21.1 Å². The first kappa shape index (κ1) is 24.7. The minimum atomic E-state index is -3.54. The Kier molecular flexibility index (Phi) is 7.70. The van der Waals surface area contributed by atoms with Gasteiger partial charge in [0.2, 0.25) is 10.0 Å². The first-order valence-corrected chi connectivity index (χ1v) is 12.0. The van der Waals surface area contributed by atoms with Crippen LogP contribution in [0.4, 0.5) is 5.69 Å². The Labute approximate surface area is 198 Å². The van der Waals surface area contributed by atoms with Crippen molar-refractivity contribution in [2.24, 2.45) is 0 Å². The second-order valence-corrected chi connectivity index (χ2v) is 9.31. The van der Waals surface area contributed by atoms with Gasteiger partial charge in [0, 0.05) is 41.0 Å². The van der Waals surface area contributed by atoms with E-state index in [4.69, 9.17) is 4.74 Å². The van der Waals surface area contributed by atoms with E-state index in [0.29, 0.717) is 13.2 Å². The van der Waals surface area contributed by atoms with Crippen LogP contribution in [-0.4, -0.2) is 49.6 Å². The molecule has 0 fully saturated rings. The molecule has 0 saturated heterocycles. The summed E-state index contributed by atoms with van der Waals surface area (Å²) in [5.74, 6) is 0.443. The molecular formula is C23H26ClN3O5S. The number of aliphatic hydroxyl groups excluding tert-OH is 1. The van der Waals surface area contributed by atoms with Gasteiger partial charge in [0.1, 0.15) is 18.1 Å². The number of aromatic nitrogens is 1. The molecule has 0 spiro atoms. The number of hydrogen-bond acceptors (Lipinski definition) is 6. The van der Waals surface area contributed by atoms with Crippen LogP contribution in [0.3, 0.4) is 0 Å². The minimum Gasteiger partial charge on any atom is -0.505 e. The van der Waals surface area contributed by atoms with E-state index in [-0.39, 0.29) is 36.0 Å². The molecule has 0 saturated carbocycles. The van der Waals surface area contributed by atoms with Crippen molar-refractivity contribution in [3.8, 4) is 11.5 Å². The molecule has 3 aromatic carbocycles. The van der Waals surface area contributed by atoms with Gasteiger partial charge in [-0.15, -0.1) is 12.4 Å². The number of hydrogen-bond donors (Lipinski definition) is 5. The summed E-state index contributed by atoms with van der Waals surface area (Å²) in [5, 5.41) is 26.0. The zero-order valence-corrected chi connectivity index (χ0v) is 19.5. The monoisotopic (exact) mass is 491 g/mol. The molecule has 33 heavy (non-hydrogen) atoms. The number of H-pyrrole nitrogens is 1. The largest absolute Gasteiger partial charge is 0.505 e. The number of phenolic OH excluding ortho intramolecular Hbond substituents is 1. The van der Waals surface area contributed by atoms with E-state index in [1.165, 1.54) is 11.5 Å². The van der Waals surface area contributed by atoms with Gasteiger partial charge in [-0.05, 0) is 24.3 Å². The van der Waals surface area contributed by atoms with Crippen molar-refractivity contribution in [2.45, 2.75) is 6.10 Å². The molecule has 0 amide bonds. The quantitative estimate of drug-likeness (QED) is 0.180. The number of ether oxygens (including phenoxy) is 1. The Morgan fingerprint density at radius 1 is 1.03 bits per heavy atom. The molecule has 0 bridgehead atoms. The summed E-state index contributed by atoms with van der Waals surface area (Å²) in [6.45, 7) is 1.03. The number of phenols is 1. The lowest BCUT2D eigenvalue weighted by molar-refractivity contribution is 0.168. The highest BCUT2D eigenvalue weighted by Crippen LogP contribution is 2.32. The topological polar surface area (TPSA) is 124 Å². The van der Waals surface area contributed by atoms with Crippen LogP contribution in [0.15, 0.2) is 60.7 Å². The number of aromatic amines is 1. The van der Waals surface area contributed by atoms with E-state index in [0.717, 1.165) is 28.4 Å². The predicted octanol–water partition coefficient (Wildman–Crippen LogP) is 3.52. The molecule has 1 unspecified atom stereocenters. The molecule has 4 aromatic rings. The maximum absolute atomic E-state index is 11.4. The molecule has 1 aromatic heterocycles. The summed E-state index contributed by atoms with van der Waals surface area (Å²) < 4.78 is 30.8. The van der Waals surface area contributed by atoms with Gasteiger partial charge < -0.3 is 25.3 Å². The number of anilines is 1. The molecule has 176 valence electrons. The number of para-hydroxylation sites is 2. The number of benzene rings is 3. The van der Waals surface area contributed by atoms with Crippen molar-refractivity contribution >= 4 is 49.9 Å². The Morgan fingerprint density at radius 2 is 1.79 bits per heavy atom. The van der Waals surface area contributed by atoms with Gasteiger partial charge >= 0.3 is 0 Å². The van der Waals surface area contributed by atoms with Gasteiger partial charge in [-0.3, -0.25) is 4.72 Å². The normalized spacial score (nSPS) is 12.4. The average molecular weight is 492 g/mol. The molecule has 10 heteroatoms. The van der Waals surface area contributed by atoms with Gasteiger partial charge in [0.05, 0.1) is 23.6 Å². The zero-order chi connectivity index (χ0) is 22.7. The highest BCUT2D eigenvalue weighted by Gasteiger charge is 2.16. The van der Waals surface area contributed by atoms with Gasteiger partial charge in [-0.2, -0.15) is 0 Å². The Hall–Kier alpha value is -2.98. The van der Waals surface area contributed by atoms with Crippen LogP contribution >= 0.6 is 12.4 Å². The Morgan fingerprint density at radius 3 is 2.58 bits per heavy atom. The average Bonchev–Trinajstić information content (AvgIpc) is 3.11. The number of sulfonamides is 1. The maximum atomic E-state index is 11.4. The maximum Gasteiger partial charge on any atom is 0.229 e. The number of nitrogens with one attached hydrogen (secondary N) is 3. The van der Waals surface area contributed by atoms with Crippen LogP contribution in [-0.2, 0) is 10.0 Å². The summed E-state index contributed by atoms with van der Waals surface area (Å²) in [7, 11) is -3.54. The predicted molar refractivity (Wildman–Crippen MR) is 133 cm³/mol. The third-order valence-electron chi connectivity index (χ3n) is 5.08. The number of halogens is 1. The molecule has 0 aliphatic heterocycles. The fourth-order valence-electron chi connectivity index (χ4n) is 3.63. The van der Waals surface area contributed by atoms with Crippen LogP contribution in [0.1, 0.15) is 11.7 Å². The smallest absolute Gasteiger partial charge is 0.229 e. The standard InChI is InChI=1S/C23H25N3O5S.ClH/c1-32(29,30)26-20-8-4-6-18(23(20)28)22(27)14-24-11-12-31-15-9-10-17-16-5-2-3-7-19(16)25-21(17)13-15;/h2-10,13,22,24-28H,11-12,14H2,1H3;1H. The number of fused-ring (bicyclic) bond motifs is 3. The Bertz CT molecular complexity index is 1360. The highest BCUT2D eigenvalue weighted by molar-refractivity contribution is 7.92. The van der Waals surface area contributed by atoms with E-state index in [9.17, 15) is 18.6 Å². The van der Waals surface area contributed by atoms with Crippen LogP contribution in [0.5, 0.6) is 11.5 Å². The molecular weight excluding hydrogens is 466 g/mol. The Balaban J connectivity index is 0.00000306. The fourth-order valence-corrected chi connectivity index (χ4v) is 4.19. The lowest BCUT2D eigenvalue weighted by Crippen LogP contribution is -2.26. The second-order valence-electron chi connectivity index (χ2n) is 7.56. The second kappa shape index (κ2) is 10.3. The third kappa shape index (κ3) is 5.88. The van der Waals surface area contributed by atoms with E-state index >= 15 is 0 Å². The van der Waals surface area contributed by atoms with E-state index < -0.39 is 16.1 Å². The van der Waals surface area contributed by atoms with Crippen molar-refractivity contribution in [1.82, 2.24) is 10.3 Å². The lowest BCUT2D eigenvalue weighted by atomic mass is 10.1. The molecule has 4 rings (SSSR count). The summed E-state index contributed by atoms with van der Waals surface area (Å²) in [6.07, 6.45) is -0.0218. The summed E-state index contributed by atoms with van der Waals surface area (Å²) >= 11 is 0. The molecule has 0 aliphatic carbocycles. The minimum absolute atomic E-state index is 0. The first-order chi connectivity index (χ1) is 15.3. The molecule has 0 radical (unpaired) electrons. The highest BCUT2D eigenvalue weighted by atomic mass is 35.5. The van der Waals surface area contributed by atoms with Gasteiger partial charge in [0.25, 0.3) is 0 Å². The first-order valence-electron chi connectivity index (χ1n) is 10.1. The molecule has 1 atom stereocenters. The number of aliphatic hydroxyl groups is 1. The summed E-state index contributed by atoms with van der Waals surface area (Å²) in [4.78, 5) is 3.38. The number of rotatable bonds is 9. The van der Waals surface area contributed by atoms with E-state index in [1.54, 1.807) is 12.1 Å². The van der Waals surface area contributed by atoms with Gasteiger partial charge in [-0.25, -0.2) is 8.42 Å². The van der Waals surface area contributed by atoms with Crippen molar-refractivity contribution in [3.05, 3.63) is 66.2 Å². The van der Waals surface area contributed by atoms with E-state index in [1.807, 2.05) is 36.4 Å². The van der Waals surface area contributed by atoms with Crippen LogP contribution in [0.2, 0.25) is 0 Å². The van der Waals surface area contributed by atoms with Gasteiger partial charge in [0.15, 0.2) is 0 Å². The van der Waals surface area contributed by atoms with Crippen molar-refractivity contribution in [2.75, 3.05) is 30.7 Å². The third-order valence-corrected chi connectivity index (χ3v) is 5.68. The van der Waals surface area contributed by atoms with Crippen LogP contribution in [0, 0.1) is 0 Å². The number of aromatic hydroxyl groups is 1. The molecule has 0 aliphatic rings. The van der Waals surface area contributed by atoms with Gasteiger partial charge in [-0.1, -0.05) is 30.3 Å². The van der Waals surface area contributed by atoms with Crippen LogP contribution < -0.4 is 14.8 Å².